The van der Waals surface area contributed by atoms with Crippen LogP contribution in [-0.4, -0.2) is 19.5 Å². The zero-order valence-corrected chi connectivity index (χ0v) is 12.0. The first-order valence-corrected chi connectivity index (χ1v) is 7.70. The van der Waals surface area contributed by atoms with Crippen LogP contribution in [0.3, 0.4) is 0 Å². The number of thiazole rings is 1. The number of nitrogen functional groups attached to an aromatic ring is 1. The van der Waals surface area contributed by atoms with Gasteiger partial charge in [-0.15, -0.1) is 11.3 Å². The summed E-state index contributed by atoms with van der Waals surface area (Å²) in [7, 11) is 0. The molecule has 7 heteroatoms. The summed E-state index contributed by atoms with van der Waals surface area (Å²) in [4.78, 5) is 25.8. The predicted molar refractivity (Wildman–Crippen MR) is 82.2 cm³/mol. The molecular formula is C14H13N5OS. The Labute approximate surface area is 124 Å². The van der Waals surface area contributed by atoms with Gasteiger partial charge >= 0.3 is 0 Å². The predicted octanol–water partition coefficient (Wildman–Crippen LogP) is 2.22. The number of pyridine rings is 1. The molecule has 0 bridgehead atoms. The monoisotopic (exact) mass is 299 g/mol. The molecule has 1 fully saturated rings. The molecule has 0 atom stereocenters. The van der Waals surface area contributed by atoms with Crippen molar-refractivity contribution in [3.8, 4) is 10.7 Å². The summed E-state index contributed by atoms with van der Waals surface area (Å²) in [5.41, 5.74) is 7.95. The summed E-state index contributed by atoms with van der Waals surface area (Å²) in [6.07, 6.45) is 6.41. The van der Waals surface area contributed by atoms with E-state index < -0.39 is 0 Å². The summed E-state index contributed by atoms with van der Waals surface area (Å²) < 4.78 is 1.75. The van der Waals surface area contributed by atoms with E-state index in [-0.39, 0.29) is 11.6 Å². The molecule has 4 rings (SSSR count). The first kappa shape index (κ1) is 12.5. The minimum Gasteiger partial charge on any atom is -0.397 e. The fourth-order valence-electron chi connectivity index (χ4n) is 2.58. The molecule has 106 valence electrons. The highest BCUT2D eigenvalue weighted by Gasteiger charge is 2.26. The van der Waals surface area contributed by atoms with Gasteiger partial charge in [-0.05, 0) is 25.3 Å². The van der Waals surface area contributed by atoms with E-state index in [9.17, 15) is 4.79 Å². The van der Waals surface area contributed by atoms with Crippen molar-refractivity contribution in [3.05, 3.63) is 34.2 Å². The molecule has 1 aliphatic carbocycles. The average Bonchev–Trinajstić information content (AvgIpc) is 2.94. The number of nitrogens with zero attached hydrogens (tertiary/aromatic N) is 4. The highest BCUT2D eigenvalue weighted by Crippen LogP contribution is 2.33. The van der Waals surface area contributed by atoms with Gasteiger partial charge in [0.2, 0.25) is 0 Å². The van der Waals surface area contributed by atoms with Crippen LogP contribution in [0.5, 0.6) is 0 Å². The Morgan fingerprint density at radius 2 is 2.14 bits per heavy atom. The number of hydrogen-bond acceptors (Lipinski definition) is 6. The lowest BCUT2D eigenvalue weighted by Crippen LogP contribution is -2.31. The third kappa shape index (κ3) is 1.84. The summed E-state index contributed by atoms with van der Waals surface area (Å²) >= 11 is 1.40. The van der Waals surface area contributed by atoms with Gasteiger partial charge in [0.05, 0.1) is 5.69 Å². The van der Waals surface area contributed by atoms with Gasteiger partial charge < -0.3 is 5.73 Å². The summed E-state index contributed by atoms with van der Waals surface area (Å²) in [5, 5.41) is 2.46. The lowest BCUT2D eigenvalue weighted by Gasteiger charge is -2.28. The molecule has 1 saturated carbocycles. The van der Waals surface area contributed by atoms with Crippen molar-refractivity contribution in [2.45, 2.75) is 25.3 Å². The molecule has 0 spiro atoms. The third-order valence-electron chi connectivity index (χ3n) is 3.88. The van der Waals surface area contributed by atoms with E-state index in [0.717, 1.165) is 19.3 Å². The summed E-state index contributed by atoms with van der Waals surface area (Å²) in [6, 6.07) is 1.90. The van der Waals surface area contributed by atoms with Crippen molar-refractivity contribution in [3.63, 3.8) is 0 Å². The maximum absolute atomic E-state index is 12.8. The summed E-state index contributed by atoms with van der Waals surface area (Å²) in [6.45, 7) is 0. The SMILES string of the molecule is Nc1ccnc2c1nc(-c1nccs1)c(=O)n2C1CCC1. The van der Waals surface area contributed by atoms with E-state index in [1.54, 1.807) is 23.0 Å². The number of anilines is 1. The Kier molecular flexibility index (Phi) is 2.75. The highest BCUT2D eigenvalue weighted by molar-refractivity contribution is 7.13. The number of fused-ring (bicyclic) bond motifs is 1. The van der Waals surface area contributed by atoms with E-state index in [1.165, 1.54) is 11.3 Å². The molecule has 0 aliphatic heterocycles. The van der Waals surface area contributed by atoms with Crippen molar-refractivity contribution < 1.29 is 0 Å². The van der Waals surface area contributed by atoms with Crippen LogP contribution in [0.25, 0.3) is 21.9 Å². The molecule has 3 aromatic rings. The van der Waals surface area contributed by atoms with Crippen molar-refractivity contribution in [1.82, 2.24) is 19.5 Å². The molecule has 6 nitrogen and oxygen atoms in total. The van der Waals surface area contributed by atoms with Crippen molar-refractivity contribution in [2.75, 3.05) is 5.73 Å². The Balaban J connectivity index is 2.10. The van der Waals surface area contributed by atoms with E-state index in [2.05, 4.69) is 15.0 Å². The van der Waals surface area contributed by atoms with Crippen LogP contribution >= 0.6 is 11.3 Å². The fraction of sp³-hybridized carbons (Fsp3) is 0.286. The molecule has 21 heavy (non-hydrogen) atoms. The van der Waals surface area contributed by atoms with Crippen LogP contribution in [0.15, 0.2) is 28.6 Å². The lowest BCUT2D eigenvalue weighted by atomic mass is 9.92. The summed E-state index contributed by atoms with van der Waals surface area (Å²) in [5.74, 6) is 0. The number of aromatic nitrogens is 4. The van der Waals surface area contributed by atoms with Crippen LogP contribution in [0.2, 0.25) is 0 Å². The molecule has 0 radical (unpaired) electrons. The number of rotatable bonds is 2. The molecule has 0 saturated heterocycles. The standard InChI is InChI=1S/C14H13N5OS/c15-9-4-5-16-12-10(9)18-11(13-17-6-7-21-13)14(20)19(12)8-2-1-3-8/h4-8H,1-3H2,(H2,15,16). The lowest BCUT2D eigenvalue weighted by molar-refractivity contribution is 0.313. The zero-order chi connectivity index (χ0) is 14.4. The van der Waals surface area contributed by atoms with Crippen LogP contribution < -0.4 is 11.3 Å². The Morgan fingerprint density at radius 3 is 2.81 bits per heavy atom. The van der Waals surface area contributed by atoms with E-state index >= 15 is 0 Å². The van der Waals surface area contributed by atoms with Gasteiger partial charge in [0.25, 0.3) is 5.56 Å². The van der Waals surface area contributed by atoms with Crippen molar-refractivity contribution >= 4 is 28.2 Å². The number of hydrogen-bond donors (Lipinski definition) is 1. The quantitative estimate of drug-likeness (QED) is 0.784. The second kappa shape index (κ2) is 4.63. The Hall–Kier alpha value is -2.28. The first-order valence-electron chi connectivity index (χ1n) is 6.82. The smallest absolute Gasteiger partial charge is 0.281 e. The van der Waals surface area contributed by atoms with Gasteiger partial charge in [0.15, 0.2) is 11.3 Å². The molecule has 0 amide bonds. The maximum Gasteiger partial charge on any atom is 0.281 e. The minimum atomic E-state index is -0.125. The molecule has 3 heterocycles. The van der Waals surface area contributed by atoms with Gasteiger partial charge in [0, 0.05) is 23.8 Å². The number of nitrogens with two attached hydrogens (primary N) is 1. The van der Waals surface area contributed by atoms with Crippen LogP contribution in [0, 0.1) is 0 Å². The fourth-order valence-corrected chi connectivity index (χ4v) is 3.20. The minimum absolute atomic E-state index is 0.125. The van der Waals surface area contributed by atoms with Gasteiger partial charge in [-0.3, -0.25) is 9.36 Å². The Bertz CT molecular complexity index is 867. The van der Waals surface area contributed by atoms with Crippen molar-refractivity contribution in [2.24, 2.45) is 0 Å². The van der Waals surface area contributed by atoms with Crippen LogP contribution in [-0.2, 0) is 0 Å². The van der Waals surface area contributed by atoms with Crippen LogP contribution in [0.4, 0.5) is 5.69 Å². The van der Waals surface area contributed by atoms with Gasteiger partial charge in [0.1, 0.15) is 10.5 Å². The van der Waals surface area contributed by atoms with E-state index in [1.807, 2.05) is 5.38 Å². The van der Waals surface area contributed by atoms with Crippen LogP contribution in [0.1, 0.15) is 25.3 Å². The van der Waals surface area contributed by atoms with E-state index in [0.29, 0.717) is 27.6 Å². The largest absolute Gasteiger partial charge is 0.397 e. The third-order valence-corrected chi connectivity index (χ3v) is 4.66. The van der Waals surface area contributed by atoms with Gasteiger partial charge in [-0.2, -0.15) is 0 Å². The molecule has 3 aromatic heterocycles. The average molecular weight is 299 g/mol. The van der Waals surface area contributed by atoms with Gasteiger partial charge in [-0.25, -0.2) is 15.0 Å². The second-order valence-corrected chi connectivity index (χ2v) is 6.02. The zero-order valence-electron chi connectivity index (χ0n) is 11.2. The molecule has 0 aromatic carbocycles. The Morgan fingerprint density at radius 1 is 1.29 bits per heavy atom. The van der Waals surface area contributed by atoms with Gasteiger partial charge in [-0.1, -0.05) is 0 Å². The topological polar surface area (TPSA) is 86.7 Å². The van der Waals surface area contributed by atoms with Crippen molar-refractivity contribution in [1.29, 1.82) is 0 Å². The first-order chi connectivity index (χ1) is 10.3. The normalized spacial score (nSPS) is 15.2. The molecule has 1 aliphatic rings. The molecule has 2 N–H and O–H groups in total. The second-order valence-electron chi connectivity index (χ2n) is 5.13. The van der Waals surface area contributed by atoms with E-state index in [4.69, 9.17) is 5.73 Å². The highest BCUT2D eigenvalue weighted by atomic mass is 32.1. The molecular weight excluding hydrogens is 286 g/mol. The molecule has 0 unspecified atom stereocenters. The maximum atomic E-state index is 12.8.